The molecule has 0 aliphatic carbocycles. The zero-order chi connectivity index (χ0) is 15.2. The van der Waals surface area contributed by atoms with Gasteiger partial charge in [0.1, 0.15) is 0 Å². The summed E-state index contributed by atoms with van der Waals surface area (Å²) in [6, 6.07) is 2.42. The molecule has 114 valence electrons. The monoisotopic (exact) mass is 289 g/mol. The molecule has 7 nitrogen and oxygen atoms in total. The minimum Gasteiger partial charge on any atom is -0.357 e. The molecule has 0 spiro atoms. The lowest BCUT2D eigenvalue weighted by Gasteiger charge is -2.27. The Morgan fingerprint density at radius 2 is 2.00 bits per heavy atom. The van der Waals surface area contributed by atoms with E-state index in [9.17, 15) is 0 Å². The molecule has 7 heteroatoms. The van der Waals surface area contributed by atoms with Gasteiger partial charge in [-0.2, -0.15) is 20.2 Å². The van der Waals surface area contributed by atoms with Crippen LogP contribution < -0.4 is 15.1 Å². The van der Waals surface area contributed by atoms with Gasteiger partial charge in [-0.15, -0.1) is 0 Å². The standard InChI is InChI=1S/C14H23N7/c1-11(2)21(10-6-7-15)14-18-12(16-3)17-13(19-14)20-8-4-5-9-20/h11H,4-6,8-10H2,1-3H3,(H,16,17,18,19). The average molecular weight is 289 g/mol. The fourth-order valence-corrected chi connectivity index (χ4v) is 2.41. The van der Waals surface area contributed by atoms with Crippen LogP contribution in [0.3, 0.4) is 0 Å². The van der Waals surface area contributed by atoms with Gasteiger partial charge in [-0.3, -0.25) is 0 Å². The van der Waals surface area contributed by atoms with Gasteiger partial charge in [0.05, 0.1) is 12.5 Å². The van der Waals surface area contributed by atoms with E-state index in [0.717, 1.165) is 19.0 Å². The van der Waals surface area contributed by atoms with Gasteiger partial charge in [0.15, 0.2) is 0 Å². The molecule has 0 unspecified atom stereocenters. The van der Waals surface area contributed by atoms with Crippen LogP contribution in [0.15, 0.2) is 0 Å². The van der Waals surface area contributed by atoms with E-state index in [1.54, 1.807) is 0 Å². The third-order valence-corrected chi connectivity index (χ3v) is 3.57. The molecule has 1 N–H and O–H groups in total. The van der Waals surface area contributed by atoms with E-state index in [1.165, 1.54) is 12.8 Å². The molecule has 1 aromatic rings. The van der Waals surface area contributed by atoms with Crippen molar-refractivity contribution >= 4 is 17.8 Å². The lowest BCUT2D eigenvalue weighted by Crippen LogP contribution is -2.34. The van der Waals surface area contributed by atoms with Crippen LogP contribution in [0.1, 0.15) is 33.1 Å². The van der Waals surface area contributed by atoms with Gasteiger partial charge in [0.2, 0.25) is 17.8 Å². The van der Waals surface area contributed by atoms with Crippen LogP contribution in [0.5, 0.6) is 0 Å². The van der Waals surface area contributed by atoms with Gasteiger partial charge in [0.25, 0.3) is 0 Å². The molecule has 1 aliphatic heterocycles. The molecular weight excluding hydrogens is 266 g/mol. The zero-order valence-corrected chi connectivity index (χ0v) is 13.0. The predicted molar refractivity (Wildman–Crippen MR) is 83.5 cm³/mol. The Balaban J connectivity index is 2.31. The molecule has 0 aromatic carbocycles. The van der Waals surface area contributed by atoms with E-state index in [0.29, 0.717) is 24.9 Å². The first-order chi connectivity index (χ1) is 10.2. The van der Waals surface area contributed by atoms with Crippen LogP contribution in [-0.2, 0) is 0 Å². The Labute approximate surface area is 126 Å². The van der Waals surface area contributed by atoms with Gasteiger partial charge in [-0.05, 0) is 26.7 Å². The Hall–Kier alpha value is -2.10. The smallest absolute Gasteiger partial charge is 0.232 e. The van der Waals surface area contributed by atoms with E-state index in [4.69, 9.17) is 5.26 Å². The normalized spacial score (nSPS) is 14.3. The van der Waals surface area contributed by atoms with Crippen LogP contribution in [0.2, 0.25) is 0 Å². The second-order valence-corrected chi connectivity index (χ2v) is 5.40. The van der Waals surface area contributed by atoms with E-state index >= 15 is 0 Å². The molecule has 1 fully saturated rings. The summed E-state index contributed by atoms with van der Waals surface area (Å²) in [5.74, 6) is 1.94. The Kier molecular flexibility index (Phi) is 5.14. The first kappa shape index (κ1) is 15.3. The quantitative estimate of drug-likeness (QED) is 0.852. The van der Waals surface area contributed by atoms with Crippen molar-refractivity contribution in [2.75, 3.05) is 41.8 Å². The lowest BCUT2D eigenvalue weighted by atomic mass is 10.3. The minimum absolute atomic E-state index is 0.233. The van der Waals surface area contributed by atoms with Crippen molar-refractivity contribution in [3.05, 3.63) is 0 Å². The van der Waals surface area contributed by atoms with Crippen molar-refractivity contribution in [2.45, 2.75) is 39.2 Å². The number of anilines is 3. The Morgan fingerprint density at radius 3 is 2.57 bits per heavy atom. The number of hydrogen-bond donors (Lipinski definition) is 1. The van der Waals surface area contributed by atoms with Gasteiger partial charge in [-0.1, -0.05) is 0 Å². The fourth-order valence-electron chi connectivity index (χ4n) is 2.41. The van der Waals surface area contributed by atoms with Crippen LogP contribution >= 0.6 is 0 Å². The number of nitriles is 1. The van der Waals surface area contributed by atoms with Crippen LogP contribution in [0, 0.1) is 11.3 Å². The van der Waals surface area contributed by atoms with Gasteiger partial charge in [0, 0.05) is 32.7 Å². The third-order valence-electron chi connectivity index (χ3n) is 3.57. The second-order valence-electron chi connectivity index (χ2n) is 5.40. The van der Waals surface area contributed by atoms with Crippen molar-refractivity contribution in [3.8, 4) is 6.07 Å². The van der Waals surface area contributed by atoms with Crippen molar-refractivity contribution in [1.82, 2.24) is 15.0 Å². The maximum absolute atomic E-state index is 8.82. The van der Waals surface area contributed by atoms with E-state index in [2.05, 4.69) is 45.1 Å². The highest BCUT2D eigenvalue weighted by Gasteiger charge is 2.20. The minimum atomic E-state index is 0.233. The Bertz CT molecular complexity index is 503. The fraction of sp³-hybridized carbons (Fsp3) is 0.714. The summed E-state index contributed by atoms with van der Waals surface area (Å²) in [5, 5.41) is 11.8. The van der Waals surface area contributed by atoms with Crippen molar-refractivity contribution in [2.24, 2.45) is 0 Å². The lowest BCUT2D eigenvalue weighted by molar-refractivity contribution is 0.662. The molecule has 0 atom stereocenters. The highest BCUT2D eigenvalue weighted by atomic mass is 15.4. The molecular formula is C14H23N7. The maximum Gasteiger partial charge on any atom is 0.232 e. The molecule has 2 rings (SSSR count). The van der Waals surface area contributed by atoms with Crippen LogP contribution in [-0.4, -0.2) is 47.7 Å². The molecule has 0 bridgehead atoms. The predicted octanol–water partition coefficient (Wildman–Crippen LogP) is 1.64. The highest BCUT2D eigenvalue weighted by molar-refractivity contribution is 5.46. The highest BCUT2D eigenvalue weighted by Crippen LogP contribution is 2.21. The molecule has 2 heterocycles. The topological polar surface area (TPSA) is 81.0 Å². The number of aromatic nitrogens is 3. The van der Waals surface area contributed by atoms with Gasteiger partial charge in [-0.25, -0.2) is 0 Å². The third kappa shape index (κ3) is 3.72. The summed E-state index contributed by atoms with van der Waals surface area (Å²) in [4.78, 5) is 17.8. The molecule has 0 amide bonds. The Morgan fingerprint density at radius 1 is 1.29 bits per heavy atom. The summed E-state index contributed by atoms with van der Waals surface area (Å²) in [6.45, 7) is 6.77. The van der Waals surface area contributed by atoms with E-state index < -0.39 is 0 Å². The molecule has 0 radical (unpaired) electrons. The van der Waals surface area contributed by atoms with Gasteiger partial charge >= 0.3 is 0 Å². The summed E-state index contributed by atoms with van der Waals surface area (Å²) in [5.41, 5.74) is 0. The second kappa shape index (κ2) is 7.07. The molecule has 1 aliphatic rings. The summed E-state index contributed by atoms with van der Waals surface area (Å²) in [7, 11) is 1.81. The van der Waals surface area contributed by atoms with Crippen molar-refractivity contribution in [1.29, 1.82) is 5.26 Å². The summed E-state index contributed by atoms with van der Waals surface area (Å²) >= 11 is 0. The molecule has 21 heavy (non-hydrogen) atoms. The number of rotatable bonds is 6. The molecule has 1 saturated heterocycles. The first-order valence-corrected chi connectivity index (χ1v) is 7.48. The van der Waals surface area contributed by atoms with Crippen LogP contribution in [0.25, 0.3) is 0 Å². The van der Waals surface area contributed by atoms with Crippen molar-refractivity contribution in [3.63, 3.8) is 0 Å². The SMILES string of the molecule is CNc1nc(N2CCCC2)nc(N(CCC#N)C(C)C)n1. The summed E-state index contributed by atoms with van der Waals surface area (Å²) < 4.78 is 0. The number of nitrogens with one attached hydrogen (secondary N) is 1. The molecule has 0 saturated carbocycles. The number of hydrogen-bond acceptors (Lipinski definition) is 7. The molecule has 1 aromatic heterocycles. The summed E-state index contributed by atoms with van der Waals surface area (Å²) in [6.07, 6.45) is 2.81. The first-order valence-electron chi connectivity index (χ1n) is 7.48. The number of nitrogens with zero attached hydrogens (tertiary/aromatic N) is 6. The van der Waals surface area contributed by atoms with Crippen LogP contribution in [0.4, 0.5) is 17.8 Å². The van der Waals surface area contributed by atoms with E-state index in [-0.39, 0.29) is 6.04 Å². The maximum atomic E-state index is 8.82. The largest absolute Gasteiger partial charge is 0.357 e. The van der Waals surface area contributed by atoms with Gasteiger partial charge < -0.3 is 15.1 Å². The van der Waals surface area contributed by atoms with Crippen molar-refractivity contribution < 1.29 is 0 Å². The van der Waals surface area contributed by atoms with E-state index in [1.807, 2.05) is 11.9 Å². The average Bonchev–Trinajstić information content (AvgIpc) is 3.01. The zero-order valence-electron chi connectivity index (χ0n) is 13.0.